The summed E-state index contributed by atoms with van der Waals surface area (Å²) in [6, 6.07) is 17.5. The summed E-state index contributed by atoms with van der Waals surface area (Å²) in [5.74, 6) is 0.608. The third-order valence-corrected chi connectivity index (χ3v) is 4.86. The normalized spacial score (nSPS) is 14.3. The van der Waals surface area contributed by atoms with Gasteiger partial charge in [-0.15, -0.1) is 0 Å². The summed E-state index contributed by atoms with van der Waals surface area (Å²) in [7, 11) is 1.47. The molecule has 4 rings (SSSR count). The topological polar surface area (TPSA) is 47.6 Å². The summed E-state index contributed by atoms with van der Waals surface area (Å²) >= 11 is 0. The number of nitrogens with one attached hydrogen (secondary N) is 1. The van der Waals surface area contributed by atoms with E-state index in [0.29, 0.717) is 22.6 Å². The predicted octanol–water partition coefficient (Wildman–Crippen LogP) is 5.79. The molecule has 0 aliphatic carbocycles. The second-order valence-corrected chi connectivity index (χ2v) is 6.95. The minimum absolute atomic E-state index is 0.0451. The number of hydrogen-bond acceptors (Lipinski definition) is 3. The van der Waals surface area contributed by atoms with E-state index in [1.165, 1.54) is 13.2 Å². The minimum Gasteiger partial charge on any atom is -0.493 e. The highest BCUT2D eigenvalue weighted by Gasteiger charge is 2.30. The Morgan fingerprint density at radius 2 is 1.77 bits per heavy atom. The lowest BCUT2D eigenvalue weighted by Crippen LogP contribution is -2.06. The summed E-state index contributed by atoms with van der Waals surface area (Å²) in [5.41, 5.74) is 2.50. The molecule has 0 radical (unpaired) electrons. The molecule has 3 aromatic carbocycles. The van der Waals surface area contributed by atoms with E-state index in [-0.39, 0.29) is 12.5 Å². The van der Waals surface area contributed by atoms with Crippen LogP contribution in [0.4, 0.5) is 18.9 Å². The SMILES string of the molecule is COc1cc(/C=C2/C(=O)Nc3ccccc32)ccc1OCc1cccc(C(F)(F)F)c1. The van der Waals surface area contributed by atoms with E-state index in [0.717, 1.165) is 28.9 Å². The van der Waals surface area contributed by atoms with Crippen molar-refractivity contribution in [1.82, 2.24) is 0 Å². The number of para-hydroxylation sites is 1. The van der Waals surface area contributed by atoms with Crippen LogP contribution in [0.2, 0.25) is 0 Å². The molecule has 7 heteroatoms. The van der Waals surface area contributed by atoms with Crippen LogP contribution in [-0.2, 0) is 17.6 Å². The van der Waals surface area contributed by atoms with E-state index in [2.05, 4.69) is 5.32 Å². The summed E-state index contributed by atoms with van der Waals surface area (Å²) in [4.78, 5) is 12.3. The number of halogens is 3. The van der Waals surface area contributed by atoms with E-state index < -0.39 is 11.7 Å². The number of carbonyl (C=O) groups is 1. The lowest BCUT2D eigenvalue weighted by Gasteiger charge is -2.13. The smallest absolute Gasteiger partial charge is 0.416 e. The van der Waals surface area contributed by atoms with Crippen LogP contribution in [0.25, 0.3) is 11.6 Å². The minimum atomic E-state index is -4.41. The molecule has 1 aliphatic rings. The van der Waals surface area contributed by atoms with Crippen molar-refractivity contribution >= 4 is 23.2 Å². The summed E-state index contributed by atoms with van der Waals surface area (Å²) in [5, 5.41) is 2.82. The van der Waals surface area contributed by atoms with Crippen LogP contribution in [0, 0.1) is 0 Å². The van der Waals surface area contributed by atoms with E-state index in [1.807, 2.05) is 24.3 Å². The zero-order chi connectivity index (χ0) is 22.0. The number of hydrogen-bond donors (Lipinski definition) is 1. The Morgan fingerprint density at radius 1 is 0.968 bits per heavy atom. The number of alkyl halides is 3. The van der Waals surface area contributed by atoms with Gasteiger partial charge in [-0.25, -0.2) is 0 Å². The Morgan fingerprint density at radius 3 is 2.55 bits per heavy atom. The van der Waals surface area contributed by atoms with E-state index in [4.69, 9.17) is 9.47 Å². The highest BCUT2D eigenvalue weighted by molar-refractivity contribution is 6.34. The van der Waals surface area contributed by atoms with Crippen molar-refractivity contribution in [2.45, 2.75) is 12.8 Å². The molecule has 0 fully saturated rings. The largest absolute Gasteiger partial charge is 0.493 e. The van der Waals surface area contributed by atoms with Gasteiger partial charge >= 0.3 is 6.18 Å². The van der Waals surface area contributed by atoms with Gasteiger partial charge in [-0.2, -0.15) is 13.2 Å². The Kier molecular flexibility index (Phi) is 5.42. The first-order valence-electron chi connectivity index (χ1n) is 9.44. The van der Waals surface area contributed by atoms with Crippen LogP contribution in [0.15, 0.2) is 66.7 Å². The lowest BCUT2D eigenvalue weighted by molar-refractivity contribution is -0.137. The summed E-state index contributed by atoms with van der Waals surface area (Å²) in [6.07, 6.45) is -2.66. The third kappa shape index (κ3) is 4.40. The molecular weight excluding hydrogens is 407 g/mol. The maximum atomic E-state index is 12.9. The molecule has 1 heterocycles. The van der Waals surface area contributed by atoms with E-state index >= 15 is 0 Å². The number of fused-ring (bicyclic) bond motifs is 1. The van der Waals surface area contributed by atoms with Gasteiger partial charge < -0.3 is 14.8 Å². The van der Waals surface area contributed by atoms with Gasteiger partial charge in [-0.1, -0.05) is 36.4 Å². The molecule has 4 nitrogen and oxygen atoms in total. The van der Waals surface area contributed by atoms with Crippen molar-refractivity contribution in [1.29, 1.82) is 0 Å². The molecule has 0 saturated carbocycles. The maximum absolute atomic E-state index is 12.9. The van der Waals surface area contributed by atoms with Crippen molar-refractivity contribution in [3.05, 3.63) is 89.0 Å². The Labute approximate surface area is 176 Å². The van der Waals surface area contributed by atoms with E-state index in [9.17, 15) is 18.0 Å². The average molecular weight is 425 g/mol. The van der Waals surface area contributed by atoms with Gasteiger partial charge in [-0.3, -0.25) is 4.79 Å². The fraction of sp³-hybridized carbons (Fsp3) is 0.125. The molecule has 0 spiro atoms. The number of anilines is 1. The van der Waals surface area contributed by atoms with Crippen LogP contribution in [-0.4, -0.2) is 13.0 Å². The monoisotopic (exact) mass is 425 g/mol. The summed E-state index contributed by atoms with van der Waals surface area (Å²) in [6.45, 7) is -0.0451. The second-order valence-electron chi connectivity index (χ2n) is 6.95. The molecule has 0 bridgehead atoms. The quantitative estimate of drug-likeness (QED) is 0.527. The second kappa shape index (κ2) is 8.18. The number of benzene rings is 3. The summed E-state index contributed by atoms with van der Waals surface area (Å²) < 4.78 is 49.7. The fourth-order valence-electron chi connectivity index (χ4n) is 3.34. The van der Waals surface area contributed by atoms with Crippen molar-refractivity contribution in [2.24, 2.45) is 0 Å². The number of rotatable bonds is 5. The van der Waals surface area contributed by atoms with Crippen LogP contribution in [0.5, 0.6) is 11.5 Å². The molecule has 0 atom stereocenters. The Hall–Kier alpha value is -3.74. The highest BCUT2D eigenvalue weighted by Crippen LogP contribution is 2.35. The molecular formula is C24H18F3NO3. The van der Waals surface area contributed by atoms with Crippen LogP contribution in [0.1, 0.15) is 22.3 Å². The van der Waals surface area contributed by atoms with Gasteiger partial charge in [0.25, 0.3) is 5.91 Å². The standard InChI is InChI=1S/C24H18F3NO3/c1-30-22-13-15(12-19-18-7-2-3-8-20(18)28-23(19)29)9-10-21(22)31-14-16-5-4-6-17(11-16)24(25,26)27/h2-13H,14H2,1H3,(H,28,29)/b19-12+. The van der Waals surface area contributed by atoms with Gasteiger partial charge in [0.1, 0.15) is 6.61 Å². The van der Waals surface area contributed by atoms with Crippen molar-refractivity contribution in [3.63, 3.8) is 0 Å². The molecule has 0 saturated heterocycles. The molecule has 0 aromatic heterocycles. The third-order valence-electron chi connectivity index (χ3n) is 4.86. The maximum Gasteiger partial charge on any atom is 0.416 e. The Bertz CT molecular complexity index is 1170. The van der Waals surface area contributed by atoms with Crippen molar-refractivity contribution < 1.29 is 27.4 Å². The first kappa shape index (κ1) is 20.5. The Balaban J connectivity index is 1.55. The number of methoxy groups -OCH3 is 1. The molecule has 158 valence electrons. The van der Waals surface area contributed by atoms with Gasteiger partial charge in [0.05, 0.1) is 12.7 Å². The first-order chi connectivity index (χ1) is 14.8. The number of carbonyl (C=O) groups excluding carboxylic acids is 1. The highest BCUT2D eigenvalue weighted by atomic mass is 19.4. The van der Waals surface area contributed by atoms with Gasteiger partial charge in [0, 0.05) is 16.8 Å². The number of amides is 1. The van der Waals surface area contributed by atoms with Crippen LogP contribution < -0.4 is 14.8 Å². The molecule has 1 N–H and O–H groups in total. The zero-order valence-corrected chi connectivity index (χ0v) is 16.5. The van der Waals surface area contributed by atoms with Gasteiger partial charge in [0.2, 0.25) is 0 Å². The predicted molar refractivity (Wildman–Crippen MR) is 112 cm³/mol. The van der Waals surface area contributed by atoms with Gasteiger partial charge in [0.15, 0.2) is 11.5 Å². The van der Waals surface area contributed by atoms with Crippen molar-refractivity contribution in [3.8, 4) is 11.5 Å². The molecule has 1 amide bonds. The van der Waals surface area contributed by atoms with Crippen molar-refractivity contribution in [2.75, 3.05) is 12.4 Å². The lowest BCUT2D eigenvalue weighted by atomic mass is 10.0. The zero-order valence-electron chi connectivity index (χ0n) is 16.5. The van der Waals surface area contributed by atoms with Crippen LogP contribution >= 0.6 is 0 Å². The fourth-order valence-corrected chi connectivity index (χ4v) is 3.34. The van der Waals surface area contributed by atoms with E-state index in [1.54, 1.807) is 30.3 Å². The molecule has 1 aliphatic heterocycles. The molecule has 31 heavy (non-hydrogen) atoms. The van der Waals surface area contributed by atoms with Gasteiger partial charge in [-0.05, 0) is 47.5 Å². The number of ether oxygens (including phenoxy) is 2. The van der Waals surface area contributed by atoms with Crippen LogP contribution in [0.3, 0.4) is 0 Å². The molecule has 3 aromatic rings. The average Bonchev–Trinajstić information content (AvgIpc) is 3.07. The molecule has 0 unspecified atom stereocenters. The first-order valence-corrected chi connectivity index (χ1v) is 9.44.